The van der Waals surface area contributed by atoms with Crippen molar-refractivity contribution in [2.45, 2.75) is 31.3 Å². The second-order valence-electron chi connectivity index (χ2n) is 3.93. The molecule has 0 bridgehead atoms. The summed E-state index contributed by atoms with van der Waals surface area (Å²) in [6, 6.07) is 0. The Labute approximate surface area is 86.3 Å². The van der Waals surface area contributed by atoms with Crippen LogP contribution in [-0.2, 0) is 4.79 Å². The van der Waals surface area contributed by atoms with Gasteiger partial charge in [0.2, 0.25) is 5.17 Å². The lowest BCUT2D eigenvalue weighted by atomic mass is 10.1. The van der Waals surface area contributed by atoms with Gasteiger partial charge in [0.25, 0.3) is 5.91 Å². The van der Waals surface area contributed by atoms with E-state index >= 15 is 0 Å². The molecule has 6 heteroatoms. The monoisotopic (exact) mass is 212 g/mol. The van der Waals surface area contributed by atoms with Crippen LogP contribution in [0.2, 0.25) is 0 Å². The van der Waals surface area contributed by atoms with Gasteiger partial charge in [-0.25, -0.2) is 5.01 Å². The number of carbonyl (C=O) groups is 1. The minimum absolute atomic E-state index is 0.113. The second kappa shape index (κ2) is 2.87. The molecule has 0 aromatic heterocycles. The largest absolute Gasteiger partial charge is 0.286 e. The van der Waals surface area contributed by atoms with Crippen LogP contribution in [0.3, 0.4) is 0 Å². The van der Waals surface area contributed by atoms with Gasteiger partial charge in [0.15, 0.2) is 0 Å². The van der Waals surface area contributed by atoms with E-state index in [1.807, 2.05) is 0 Å². The summed E-state index contributed by atoms with van der Waals surface area (Å²) in [5.41, 5.74) is 6.26. The van der Waals surface area contributed by atoms with Gasteiger partial charge in [-0.3, -0.25) is 10.2 Å². The number of hydrazone groups is 1. The third-order valence-electron chi connectivity index (χ3n) is 2.91. The summed E-state index contributed by atoms with van der Waals surface area (Å²) in [4.78, 5) is 11.5. The minimum atomic E-state index is -0.149. The topological polar surface area (TPSA) is 56.7 Å². The number of nitrogens with zero attached hydrogens (tertiary/aromatic N) is 2. The first-order chi connectivity index (χ1) is 6.79. The molecule has 0 radical (unpaired) electrons. The van der Waals surface area contributed by atoms with Crippen molar-refractivity contribution in [1.29, 1.82) is 0 Å². The zero-order valence-corrected chi connectivity index (χ0v) is 8.56. The quantitative estimate of drug-likeness (QED) is 0.603. The van der Waals surface area contributed by atoms with E-state index in [2.05, 4.69) is 16.0 Å². The highest BCUT2D eigenvalue weighted by molar-refractivity contribution is 8.15. The van der Waals surface area contributed by atoms with Gasteiger partial charge >= 0.3 is 0 Å². The molecule has 3 rings (SSSR count). The highest BCUT2D eigenvalue weighted by Crippen LogP contribution is 2.31. The van der Waals surface area contributed by atoms with Crippen molar-refractivity contribution >= 4 is 22.8 Å². The Balaban J connectivity index is 1.87. The van der Waals surface area contributed by atoms with E-state index in [0.717, 1.165) is 18.0 Å². The molecule has 1 spiro atoms. The first-order valence-corrected chi connectivity index (χ1v) is 5.86. The number of amidine groups is 1. The molecule has 0 aromatic carbocycles. The number of rotatable bonds is 0. The van der Waals surface area contributed by atoms with Crippen molar-refractivity contribution in [2.24, 2.45) is 5.10 Å². The van der Waals surface area contributed by atoms with Gasteiger partial charge < -0.3 is 0 Å². The summed E-state index contributed by atoms with van der Waals surface area (Å²) in [5, 5.41) is 6.61. The molecule has 76 valence electrons. The minimum Gasteiger partial charge on any atom is -0.286 e. The fourth-order valence-corrected chi connectivity index (χ4v) is 2.92. The Hall–Kier alpha value is -0.750. The lowest BCUT2D eigenvalue weighted by Gasteiger charge is -2.37. The molecule has 1 saturated carbocycles. The van der Waals surface area contributed by atoms with Crippen LogP contribution in [0.25, 0.3) is 0 Å². The number of amides is 1. The van der Waals surface area contributed by atoms with Crippen molar-refractivity contribution in [3.8, 4) is 0 Å². The van der Waals surface area contributed by atoms with E-state index in [0.29, 0.717) is 5.75 Å². The van der Waals surface area contributed by atoms with Crippen LogP contribution in [0.5, 0.6) is 0 Å². The maximum absolute atomic E-state index is 11.5. The number of fused-ring (bicyclic) bond motifs is 1. The maximum atomic E-state index is 11.5. The number of hydrazine groups is 1. The van der Waals surface area contributed by atoms with Crippen LogP contribution >= 0.6 is 11.8 Å². The molecule has 1 saturated heterocycles. The molecule has 5 nitrogen and oxygen atoms in total. The normalized spacial score (nSPS) is 29.0. The molecule has 2 aliphatic heterocycles. The van der Waals surface area contributed by atoms with Crippen LogP contribution in [-0.4, -0.2) is 27.5 Å². The molecular weight excluding hydrogens is 200 g/mol. The first-order valence-electron chi connectivity index (χ1n) is 4.88. The van der Waals surface area contributed by atoms with Gasteiger partial charge in [0.05, 0.1) is 5.75 Å². The molecule has 0 atom stereocenters. The number of nitrogens with one attached hydrogen (secondary N) is 2. The summed E-state index contributed by atoms with van der Waals surface area (Å²) in [6.45, 7) is 0. The van der Waals surface area contributed by atoms with Crippen molar-refractivity contribution in [2.75, 3.05) is 5.75 Å². The predicted octanol–water partition coefficient (Wildman–Crippen LogP) is 0.211. The first kappa shape index (κ1) is 8.55. The highest BCUT2D eigenvalue weighted by Gasteiger charge is 2.43. The van der Waals surface area contributed by atoms with Crippen molar-refractivity contribution in [1.82, 2.24) is 15.9 Å². The molecule has 1 aliphatic carbocycles. The zero-order valence-electron chi connectivity index (χ0n) is 7.75. The Morgan fingerprint density at radius 3 is 3.00 bits per heavy atom. The lowest BCUT2D eigenvalue weighted by molar-refractivity contribution is -0.128. The summed E-state index contributed by atoms with van der Waals surface area (Å²) in [7, 11) is 0. The van der Waals surface area contributed by atoms with E-state index in [9.17, 15) is 4.79 Å². The van der Waals surface area contributed by atoms with Crippen LogP contribution in [0.1, 0.15) is 25.7 Å². The molecule has 14 heavy (non-hydrogen) atoms. The van der Waals surface area contributed by atoms with E-state index in [1.165, 1.54) is 24.6 Å². The summed E-state index contributed by atoms with van der Waals surface area (Å²) >= 11 is 1.48. The fourth-order valence-electron chi connectivity index (χ4n) is 2.15. The van der Waals surface area contributed by atoms with Crippen molar-refractivity contribution in [3.63, 3.8) is 0 Å². The SMILES string of the molecule is O=C1CSC2=NNC3(CCCC3)NN12. The predicted molar refractivity (Wildman–Crippen MR) is 54.2 cm³/mol. The van der Waals surface area contributed by atoms with Crippen molar-refractivity contribution < 1.29 is 4.79 Å². The molecule has 2 fully saturated rings. The fraction of sp³-hybridized carbons (Fsp3) is 0.750. The molecule has 3 aliphatic rings. The van der Waals surface area contributed by atoms with E-state index in [-0.39, 0.29) is 11.6 Å². The Morgan fingerprint density at radius 2 is 2.21 bits per heavy atom. The summed E-state index contributed by atoms with van der Waals surface area (Å²) in [5.74, 6) is 0.616. The Kier molecular flexibility index (Phi) is 1.75. The average Bonchev–Trinajstić information content (AvgIpc) is 2.77. The molecular formula is C8H12N4OS. The van der Waals surface area contributed by atoms with Crippen LogP contribution < -0.4 is 10.9 Å². The number of hydrogen-bond acceptors (Lipinski definition) is 5. The van der Waals surface area contributed by atoms with Gasteiger partial charge in [-0.2, -0.15) is 10.5 Å². The van der Waals surface area contributed by atoms with Crippen LogP contribution in [0.4, 0.5) is 0 Å². The van der Waals surface area contributed by atoms with Crippen molar-refractivity contribution in [3.05, 3.63) is 0 Å². The molecule has 2 N–H and O–H groups in total. The zero-order chi connectivity index (χ0) is 9.60. The number of hydrogen-bond donors (Lipinski definition) is 2. The summed E-state index contributed by atoms with van der Waals surface area (Å²) < 4.78 is 0. The van der Waals surface area contributed by atoms with Gasteiger partial charge in [0, 0.05) is 0 Å². The third-order valence-corrected chi connectivity index (χ3v) is 3.84. The summed E-state index contributed by atoms with van der Waals surface area (Å²) in [6.07, 6.45) is 4.47. The maximum Gasteiger partial charge on any atom is 0.253 e. The van der Waals surface area contributed by atoms with E-state index in [1.54, 1.807) is 5.01 Å². The Morgan fingerprint density at radius 1 is 1.43 bits per heavy atom. The highest BCUT2D eigenvalue weighted by atomic mass is 32.2. The standard InChI is InChI=1S/C8H12N4OS/c13-6-5-14-7-9-10-8(11-12(6)7)3-1-2-4-8/h10-11H,1-5H2. The average molecular weight is 212 g/mol. The van der Waals surface area contributed by atoms with E-state index in [4.69, 9.17) is 0 Å². The van der Waals surface area contributed by atoms with Gasteiger partial charge in [-0.05, 0) is 25.7 Å². The number of thioether (sulfide) groups is 1. The van der Waals surface area contributed by atoms with Crippen LogP contribution in [0.15, 0.2) is 5.10 Å². The smallest absolute Gasteiger partial charge is 0.253 e. The lowest BCUT2D eigenvalue weighted by Crippen LogP contribution is -2.64. The van der Waals surface area contributed by atoms with E-state index < -0.39 is 0 Å². The molecule has 0 aromatic rings. The third kappa shape index (κ3) is 1.14. The molecule has 1 amide bonds. The molecule has 0 unspecified atom stereocenters. The second-order valence-corrected chi connectivity index (χ2v) is 4.87. The van der Waals surface area contributed by atoms with Gasteiger partial charge in [-0.15, -0.1) is 0 Å². The number of carbonyl (C=O) groups excluding carboxylic acids is 1. The van der Waals surface area contributed by atoms with Gasteiger partial charge in [0.1, 0.15) is 5.66 Å². The Bertz CT molecular complexity index is 310. The van der Waals surface area contributed by atoms with Crippen LogP contribution in [0, 0.1) is 0 Å². The molecule has 2 heterocycles. The van der Waals surface area contributed by atoms with Gasteiger partial charge in [-0.1, -0.05) is 11.8 Å².